The molecule has 0 aliphatic carbocycles. The van der Waals surface area contributed by atoms with E-state index in [1.165, 1.54) is 35.0 Å². The molecule has 0 amide bonds. The van der Waals surface area contributed by atoms with Gasteiger partial charge in [0.15, 0.2) is 22.3 Å². The molecule has 0 bridgehead atoms. The van der Waals surface area contributed by atoms with E-state index in [4.69, 9.17) is 9.47 Å². The lowest BCUT2D eigenvalue weighted by Crippen LogP contribution is -2.22. The van der Waals surface area contributed by atoms with Crippen molar-refractivity contribution in [1.29, 1.82) is 0 Å². The van der Waals surface area contributed by atoms with Gasteiger partial charge in [0.05, 0.1) is 24.4 Å². The highest BCUT2D eigenvalue weighted by Gasteiger charge is 2.12. The third kappa shape index (κ3) is 3.07. The SMILES string of the molecule is COc1cccc(-c2cn3c(=O)/c(=C/c4cc(F)c(O)c(OC)c4)sc3n2)c1. The van der Waals surface area contributed by atoms with Gasteiger partial charge >= 0.3 is 0 Å². The summed E-state index contributed by atoms with van der Waals surface area (Å²) in [5, 5.41) is 9.60. The predicted molar refractivity (Wildman–Crippen MR) is 105 cm³/mol. The van der Waals surface area contributed by atoms with E-state index in [-0.39, 0.29) is 11.3 Å². The van der Waals surface area contributed by atoms with E-state index >= 15 is 0 Å². The van der Waals surface area contributed by atoms with Gasteiger partial charge in [0.2, 0.25) is 0 Å². The highest BCUT2D eigenvalue weighted by molar-refractivity contribution is 7.15. The number of phenolic OH excluding ortho intramolecular Hbond substituents is 1. The van der Waals surface area contributed by atoms with Crippen molar-refractivity contribution in [1.82, 2.24) is 9.38 Å². The van der Waals surface area contributed by atoms with Crippen LogP contribution in [0, 0.1) is 5.82 Å². The number of rotatable bonds is 4. The minimum absolute atomic E-state index is 0.000318. The van der Waals surface area contributed by atoms with Gasteiger partial charge in [0.25, 0.3) is 5.56 Å². The summed E-state index contributed by atoms with van der Waals surface area (Å²) in [4.78, 5) is 17.8. The number of benzene rings is 2. The summed E-state index contributed by atoms with van der Waals surface area (Å²) in [6, 6.07) is 10.0. The average molecular weight is 398 g/mol. The molecular weight excluding hydrogens is 383 g/mol. The number of aromatic hydroxyl groups is 1. The van der Waals surface area contributed by atoms with Gasteiger partial charge in [-0.15, -0.1) is 0 Å². The molecule has 1 N–H and O–H groups in total. The lowest BCUT2D eigenvalue weighted by Gasteiger charge is -2.04. The maximum absolute atomic E-state index is 13.8. The van der Waals surface area contributed by atoms with Crippen molar-refractivity contribution in [3.63, 3.8) is 0 Å². The molecule has 0 unspecified atom stereocenters. The molecule has 0 atom stereocenters. The Morgan fingerprint density at radius 1 is 1.21 bits per heavy atom. The Hall–Kier alpha value is -3.39. The van der Waals surface area contributed by atoms with E-state index < -0.39 is 11.6 Å². The Morgan fingerprint density at radius 2 is 2.04 bits per heavy atom. The maximum Gasteiger partial charge on any atom is 0.274 e. The lowest BCUT2D eigenvalue weighted by molar-refractivity contribution is 0.357. The van der Waals surface area contributed by atoms with Crippen LogP contribution in [0.15, 0.2) is 47.4 Å². The second kappa shape index (κ2) is 6.97. The standard InChI is InChI=1S/C20H15FN2O4S/c1-26-13-5-3-4-12(9-13)15-10-23-19(25)17(28-20(23)22-15)8-11-6-14(21)18(24)16(7-11)27-2/h3-10,24H,1-2H3/b17-8-. The molecular formula is C20H15FN2O4S. The molecule has 0 saturated heterocycles. The number of nitrogens with zero attached hydrogens (tertiary/aromatic N) is 2. The fourth-order valence-electron chi connectivity index (χ4n) is 2.84. The molecule has 0 saturated carbocycles. The van der Waals surface area contributed by atoms with Crippen LogP contribution in [0.2, 0.25) is 0 Å². The molecule has 8 heteroatoms. The molecule has 2 heterocycles. The van der Waals surface area contributed by atoms with Gasteiger partial charge in [-0.05, 0) is 35.9 Å². The Balaban J connectivity index is 1.79. The van der Waals surface area contributed by atoms with E-state index in [0.29, 0.717) is 26.5 Å². The van der Waals surface area contributed by atoms with E-state index in [2.05, 4.69) is 4.98 Å². The zero-order valence-electron chi connectivity index (χ0n) is 15.0. The molecule has 6 nitrogen and oxygen atoms in total. The number of aromatic nitrogens is 2. The molecule has 0 radical (unpaired) electrons. The van der Waals surface area contributed by atoms with Gasteiger partial charge in [-0.3, -0.25) is 9.20 Å². The van der Waals surface area contributed by atoms with Crippen LogP contribution in [0.25, 0.3) is 22.3 Å². The number of imidazole rings is 1. The average Bonchev–Trinajstić information content (AvgIpc) is 3.24. The van der Waals surface area contributed by atoms with Gasteiger partial charge < -0.3 is 14.6 Å². The number of methoxy groups -OCH3 is 2. The molecule has 0 aliphatic rings. The van der Waals surface area contributed by atoms with E-state index in [1.54, 1.807) is 13.3 Å². The zero-order valence-corrected chi connectivity index (χ0v) is 15.8. The van der Waals surface area contributed by atoms with E-state index in [0.717, 1.165) is 11.6 Å². The summed E-state index contributed by atoms with van der Waals surface area (Å²) in [7, 11) is 2.92. The zero-order chi connectivity index (χ0) is 19.8. The molecule has 0 spiro atoms. The second-order valence-corrected chi connectivity index (χ2v) is 6.99. The predicted octanol–water partition coefficient (Wildman–Crippen LogP) is 2.83. The first-order valence-corrected chi connectivity index (χ1v) is 9.06. The molecule has 0 aliphatic heterocycles. The molecule has 4 aromatic rings. The first-order chi connectivity index (χ1) is 13.5. The Kier molecular flexibility index (Phi) is 4.48. The number of halogens is 1. The lowest BCUT2D eigenvalue weighted by atomic mass is 10.1. The first-order valence-electron chi connectivity index (χ1n) is 8.24. The van der Waals surface area contributed by atoms with Crippen LogP contribution in [0.3, 0.4) is 0 Å². The molecule has 142 valence electrons. The van der Waals surface area contributed by atoms with Gasteiger partial charge in [0.1, 0.15) is 5.75 Å². The van der Waals surface area contributed by atoms with Crippen LogP contribution in [0.1, 0.15) is 5.56 Å². The Bertz CT molecular complexity index is 1300. The second-order valence-electron chi connectivity index (χ2n) is 5.98. The van der Waals surface area contributed by atoms with Crippen LogP contribution in [-0.4, -0.2) is 28.7 Å². The largest absolute Gasteiger partial charge is 0.502 e. The summed E-state index contributed by atoms with van der Waals surface area (Å²) in [5.74, 6) is -0.681. The monoisotopic (exact) mass is 398 g/mol. The highest BCUT2D eigenvalue weighted by atomic mass is 32.1. The van der Waals surface area contributed by atoms with Crippen molar-refractivity contribution < 1.29 is 19.0 Å². The summed E-state index contributed by atoms with van der Waals surface area (Å²) in [6.45, 7) is 0. The number of hydrogen-bond acceptors (Lipinski definition) is 6. The molecule has 28 heavy (non-hydrogen) atoms. The summed E-state index contributed by atoms with van der Waals surface area (Å²) in [6.07, 6.45) is 3.20. The molecule has 0 fully saturated rings. The van der Waals surface area contributed by atoms with Gasteiger partial charge in [-0.2, -0.15) is 0 Å². The molecule has 2 aromatic heterocycles. The fraction of sp³-hybridized carbons (Fsp3) is 0.100. The van der Waals surface area contributed by atoms with Crippen LogP contribution < -0.4 is 19.6 Å². The number of phenols is 1. The van der Waals surface area contributed by atoms with Crippen LogP contribution in [0.5, 0.6) is 17.2 Å². The Labute approximate surface area is 162 Å². The van der Waals surface area contributed by atoms with Crippen molar-refractivity contribution in [2.75, 3.05) is 14.2 Å². The summed E-state index contributed by atoms with van der Waals surface area (Å²) < 4.78 is 25.8. The minimum Gasteiger partial charge on any atom is -0.502 e. The third-order valence-corrected chi connectivity index (χ3v) is 5.22. The fourth-order valence-corrected chi connectivity index (χ4v) is 3.79. The van der Waals surface area contributed by atoms with Crippen LogP contribution in [-0.2, 0) is 0 Å². The number of thiazole rings is 1. The Morgan fingerprint density at radius 3 is 2.75 bits per heavy atom. The maximum atomic E-state index is 13.8. The van der Waals surface area contributed by atoms with Gasteiger partial charge in [-0.1, -0.05) is 23.5 Å². The number of hydrogen-bond donors (Lipinski definition) is 1. The third-order valence-electron chi connectivity index (χ3n) is 4.24. The van der Waals surface area contributed by atoms with Crippen molar-refractivity contribution in [3.05, 3.63) is 68.9 Å². The normalized spacial score (nSPS) is 11.9. The van der Waals surface area contributed by atoms with Gasteiger partial charge in [-0.25, -0.2) is 9.37 Å². The topological polar surface area (TPSA) is 73.1 Å². The van der Waals surface area contributed by atoms with Crippen LogP contribution in [0.4, 0.5) is 4.39 Å². The van der Waals surface area contributed by atoms with Crippen molar-refractivity contribution >= 4 is 22.4 Å². The summed E-state index contributed by atoms with van der Waals surface area (Å²) in [5.41, 5.74) is 1.65. The quantitative estimate of drug-likeness (QED) is 0.572. The van der Waals surface area contributed by atoms with E-state index in [9.17, 15) is 14.3 Å². The smallest absolute Gasteiger partial charge is 0.274 e. The molecule has 4 rings (SSSR count). The van der Waals surface area contributed by atoms with Crippen molar-refractivity contribution in [2.45, 2.75) is 0 Å². The van der Waals surface area contributed by atoms with Crippen molar-refractivity contribution in [3.8, 4) is 28.5 Å². The highest BCUT2D eigenvalue weighted by Crippen LogP contribution is 2.30. The van der Waals surface area contributed by atoms with Gasteiger partial charge in [0, 0.05) is 11.8 Å². The summed E-state index contributed by atoms with van der Waals surface area (Å²) >= 11 is 1.19. The molecule has 2 aromatic carbocycles. The van der Waals surface area contributed by atoms with Crippen LogP contribution >= 0.6 is 11.3 Å². The minimum atomic E-state index is -0.820. The first kappa shape index (κ1) is 18.0. The van der Waals surface area contributed by atoms with Crippen molar-refractivity contribution in [2.24, 2.45) is 0 Å². The number of ether oxygens (including phenoxy) is 2. The van der Waals surface area contributed by atoms with E-state index in [1.807, 2.05) is 24.3 Å². The number of fused-ring (bicyclic) bond motifs is 1.